The second-order valence-electron chi connectivity index (χ2n) is 5.78. The number of alkyl halides is 3. The van der Waals surface area contributed by atoms with Crippen LogP contribution in [0.5, 0.6) is 0 Å². The minimum absolute atomic E-state index is 0.0918. The number of anilines is 1. The van der Waals surface area contributed by atoms with Crippen LogP contribution in [-0.2, 0) is 6.18 Å². The number of aromatic nitrogens is 3. The molecule has 0 fully saturated rings. The Morgan fingerprint density at radius 3 is 2.58 bits per heavy atom. The maximum absolute atomic E-state index is 12.6. The van der Waals surface area contributed by atoms with Gasteiger partial charge in [-0.05, 0) is 25.3 Å². The summed E-state index contributed by atoms with van der Waals surface area (Å²) in [6, 6.07) is 1.83. The Labute approximate surface area is 156 Å². The van der Waals surface area contributed by atoms with Crippen LogP contribution in [0, 0.1) is 0 Å². The number of rotatable bonds is 6. The van der Waals surface area contributed by atoms with E-state index in [1.54, 1.807) is 6.92 Å². The molecule has 142 valence electrons. The van der Waals surface area contributed by atoms with E-state index in [2.05, 4.69) is 15.4 Å². The third kappa shape index (κ3) is 4.89. The molecule has 11 heteroatoms. The molecular formula is C15H16ClF3N4O2S. The molecule has 2 aromatic rings. The van der Waals surface area contributed by atoms with Gasteiger partial charge in [-0.15, -0.1) is 0 Å². The van der Waals surface area contributed by atoms with Crippen LogP contribution < -0.4 is 10.9 Å². The van der Waals surface area contributed by atoms with E-state index in [1.807, 2.05) is 6.26 Å². The number of halogens is 4. The van der Waals surface area contributed by atoms with Crippen LogP contribution in [0.3, 0.4) is 0 Å². The zero-order valence-corrected chi connectivity index (χ0v) is 15.4. The van der Waals surface area contributed by atoms with Crippen LogP contribution in [-0.4, -0.2) is 44.0 Å². The lowest BCUT2D eigenvalue weighted by molar-refractivity contribution is -0.137. The van der Waals surface area contributed by atoms with Gasteiger partial charge in [0.2, 0.25) is 0 Å². The van der Waals surface area contributed by atoms with Crippen LogP contribution in [0.1, 0.15) is 12.5 Å². The van der Waals surface area contributed by atoms with Gasteiger partial charge < -0.3 is 10.4 Å². The van der Waals surface area contributed by atoms with Gasteiger partial charge in [-0.25, -0.2) is 4.98 Å². The van der Waals surface area contributed by atoms with E-state index in [-0.39, 0.29) is 23.1 Å². The molecule has 0 aliphatic rings. The first kappa shape index (κ1) is 20.5. The number of nitrogens with one attached hydrogen (secondary N) is 1. The van der Waals surface area contributed by atoms with Crippen molar-refractivity contribution in [3.8, 4) is 5.82 Å². The first-order valence-electron chi connectivity index (χ1n) is 7.32. The number of thioether (sulfide) groups is 1. The highest BCUT2D eigenvalue weighted by molar-refractivity contribution is 7.98. The molecule has 0 aliphatic carbocycles. The van der Waals surface area contributed by atoms with E-state index in [0.29, 0.717) is 11.9 Å². The molecule has 2 aromatic heterocycles. The molecule has 2 rings (SSSR count). The third-order valence-corrected chi connectivity index (χ3v) is 4.60. The van der Waals surface area contributed by atoms with Crippen LogP contribution in [0.4, 0.5) is 18.9 Å². The number of aliphatic hydroxyl groups is 1. The molecule has 0 aromatic carbocycles. The van der Waals surface area contributed by atoms with Crippen LogP contribution in [0.15, 0.2) is 29.3 Å². The van der Waals surface area contributed by atoms with Gasteiger partial charge in [0.1, 0.15) is 5.02 Å². The molecule has 0 saturated heterocycles. The third-order valence-electron chi connectivity index (χ3n) is 3.33. The van der Waals surface area contributed by atoms with Gasteiger partial charge in [0.25, 0.3) is 5.56 Å². The molecule has 26 heavy (non-hydrogen) atoms. The summed E-state index contributed by atoms with van der Waals surface area (Å²) in [6.45, 7) is 1.77. The predicted octanol–water partition coefficient (Wildman–Crippen LogP) is 2.83. The summed E-state index contributed by atoms with van der Waals surface area (Å²) >= 11 is 7.49. The van der Waals surface area contributed by atoms with Gasteiger partial charge in [-0.1, -0.05) is 11.6 Å². The first-order chi connectivity index (χ1) is 12.0. The van der Waals surface area contributed by atoms with Crippen LogP contribution >= 0.6 is 23.4 Å². The van der Waals surface area contributed by atoms with Crippen molar-refractivity contribution in [3.05, 3.63) is 45.5 Å². The number of hydrogen-bond donors (Lipinski definition) is 2. The van der Waals surface area contributed by atoms with E-state index in [4.69, 9.17) is 11.6 Å². The Hall–Kier alpha value is -1.78. The van der Waals surface area contributed by atoms with Gasteiger partial charge in [-0.3, -0.25) is 4.79 Å². The smallest absolute Gasteiger partial charge is 0.387 e. The maximum Gasteiger partial charge on any atom is 0.417 e. The zero-order chi connectivity index (χ0) is 19.5. The van der Waals surface area contributed by atoms with Crippen LogP contribution in [0.2, 0.25) is 5.02 Å². The second kappa shape index (κ2) is 7.85. The Bertz CT molecular complexity index is 825. The fraction of sp³-hybridized carbons (Fsp3) is 0.400. The van der Waals surface area contributed by atoms with Crippen molar-refractivity contribution in [2.24, 2.45) is 0 Å². The van der Waals surface area contributed by atoms with Gasteiger partial charge in [0, 0.05) is 18.5 Å². The molecule has 2 N–H and O–H groups in total. The molecule has 0 amide bonds. The van der Waals surface area contributed by atoms with Crippen molar-refractivity contribution < 1.29 is 18.3 Å². The summed E-state index contributed by atoms with van der Waals surface area (Å²) in [5, 5.41) is 16.6. The molecule has 0 radical (unpaired) electrons. The van der Waals surface area contributed by atoms with Crippen molar-refractivity contribution in [1.82, 2.24) is 14.8 Å². The molecule has 0 saturated carbocycles. The van der Waals surface area contributed by atoms with Crippen molar-refractivity contribution in [2.45, 2.75) is 18.7 Å². The highest BCUT2D eigenvalue weighted by atomic mass is 35.5. The monoisotopic (exact) mass is 408 g/mol. The minimum Gasteiger partial charge on any atom is -0.387 e. The topological polar surface area (TPSA) is 80.0 Å². The van der Waals surface area contributed by atoms with E-state index in [1.165, 1.54) is 18.0 Å². The minimum atomic E-state index is -4.52. The summed E-state index contributed by atoms with van der Waals surface area (Å²) in [4.78, 5) is 15.9. The Kier molecular flexibility index (Phi) is 6.20. The van der Waals surface area contributed by atoms with Crippen molar-refractivity contribution in [3.63, 3.8) is 0 Å². The normalized spacial score (nSPS) is 14.1. The molecule has 6 nitrogen and oxygen atoms in total. The molecule has 2 heterocycles. The molecule has 0 bridgehead atoms. The van der Waals surface area contributed by atoms with Gasteiger partial charge in [0.15, 0.2) is 5.82 Å². The lowest BCUT2D eigenvalue weighted by Gasteiger charge is -2.23. The Morgan fingerprint density at radius 1 is 1.35 bits per heavy atom. The lowest BCUT2D eigenvalue weighted by Crippen LogP contribution is -2.36. The number of hydrogen-bond acceptors (Lipinski definition) is 6. The number of pyridine rings is 1. The summed E-state index contributed by atoms with van der Waals surface area (Å²) in [6.07, 6.45) is -0.814. The molecule has 0 aliphatic heterocycles. The standard InChI is InChI=1S/C15H16ClF3N4O2S/c1-14(25,8-26-2)7-21-10-6-22-23(13(24)12(10)16)11-4-3-9(5-20-11)15(17,18)19/h3-6,21,25H,7-8H2,1-2H3. The van der Waals surface area contributed by atoms with Gasteiger partial charge in [0.05, 0.1) is 23.0 Å². The quantitative estimate of drug-likeness (QED) is 0.765. The fourth-order valence-electron chi connectivity index (χ4n) is 2.05. The largest absolute Gasteiger partial charge is 0.417 e. The van der Waals surface area contributed by atoms with Crippen LogP contribution in [0.25, 0.3) is 5.82 Å². The van der Waals surface area contributed by atoms with E-state index in [9.17, 15) is 23.1 Å². The summed E-state index contributed by atoms with van der Waals surface area (Å²) < 4.78 is 38.5. The summed E-state index contributed by atoms with van der Waals surface area (Å²) in [5.41, 5.74) is -2.49. The SMILES string of the molecule is CSCC(C)(O)CNc1cnn(-c2ccc(C(F)(F)F)cn2)c(=O)c1Cl. The van der Waals surface area contributed by atoms with E-state index >= 15 is 0 Å². The van der Waals surface area contributed by atoms with Crippen molar-refractivity contribution >= 4 is 29.1 Å². The molecular weight excluding hydrogens is 393 g/mol. The lowest BCUT2D eigenvalue weighted by atomic mass is 10.1. The molecule has 0 spiro atoms. The zero-order valence-electron chi connectivity index (χ0n) is 13.8. The second-order valence-corrected chi connectivity index (χ2v) is 7.02. The van der Waals surface area contributed by atoms with Crippen molar-refractivity contribution in [2.75, 3.05) is 23.9 Å². The van der Waals surface area contributed by atoms with Gasteiger partial charge in [-0.2, -0.15) is 34.7 Å². The maximum atomic E-state index is 12.6. The highest BCUT2D eigenvalue weighted by Gasteiger charge is 2.30. The summed E-state index contributed by atoms with van der Waals surface area (Å²) in [7, 11) is 0. The Balaban J connectivity index is 2.26. The summed E-state index contributed by atoms with van der Waals surface area (Å²) in [5.74, 6) is 0.378. The number of nitrogens with zero attached hydrogens (tertiary/aromatic N) is 3. The van der Waals surface area contributed by atoms with Crippen molar-refractivity contribution in [1.29, 1.82) is 0 Å². The highest BCUT2D eigenvalue weighted by Crippen LogP contribution is 2.28. The molecule has 1 unspecified atom stereocenters. The van der Waals surface area contributed by atoms with E-state index < -0.39 is 22.9 Å². The Morgan fingerprint density at radius 2 is 2.04 bits per heavy atom. The fourth-order valence-corrected chi connectivity index (χ4v) is 2.97. The first-order valence-corrected chi connectivity index (χ1v) is 9.09. The average Bonchev–Trinajstić information content (AvgIpc) is 2.55. The van der Waals surface area contributed by atoms with E-state index in [0.717, 1.165) is 16.8 Å². The average molecular weight is 409 g/mol. The molecule has 1 atom stereocenters. The predicted molar refractivity (Wildman–Crippen MR) is 95.1 cm³/mol. The van der Waals surface area contributed by atoms with Gasteiger partial charge >= 0.3 is 6.18 Å².